The zero-order chi connectivity index (χ0) is 17.5. The second kappa shape index (κ2) is 8.97. The summed E-state index contributed by atoms with van der Waals surface area (Å²) in [6, 6.07) is 7.60. The smallest absolute Gasteiger partial charge is 0.115 e. The molecule has 2 rings (SSSR count). The van der Waals surface area contributed by atoms with Crippen LogP contribution in [0.15, 0.2) is 34.9 Å². The quantitative estimate of drug-likeness (QED) is 0.742. The minimum atomic E-state index is -0.429. The third-order valence-electron chi connectivity index (χ3n) is 4.89. The molecule has 24 heavy (non-hydrogen) atoms. The van der Waals surface area contributed by atoms with Gasteiger partial charge in [-0.25, -0.2) is 4.39 Å². The number of benzene rings is 1. The molecule has 0 aliphatic carbocycles. The van der Waals surface area contributed by atoms with Gasteiger partial charge >= 0.3 is 0 Å². The lowest BCUT2D eigenvalue weighted by Gasteiger charge is -2.30. The second-order valence-electron chi connectivity index (χ2n) is 6.77. The summed E-state index contributed by atoms with van der Waals surface area (Å²) < 4.78 is 18.0. The monoisotopic (exact) mass is 332 g/mol. The van der Waals surface area contributed by atoms with Gasteiger partial charge in [-0.3, -0.25) is 5.43 Å². The van der Waals surface area contributed by atoms with Crippen LogP contribution in [0.3, 0.4) is 0 Å². The first-order valence-corrected chi connectivity index (χ1v) is 8.74. The van der Waals surface area contributed by atoms with Crippen LogP contribution in [0.2, 0.25) is 0 Å². The number of hydrazone groups is 1. The van der Waals surface area contributed by atoms with Crippen molar-refractivity contribution in [3.8, 4) is 0 Å². The fourth-order valence-electron chi connectivity index (χ4n) is 3.51. The van der Waals surface area contributed by atoms with Gasteiger partial charge < -0.3 is 4.74 Å². The topological polar surface area (TPSA) is 33.6 Å². The van der Waals surface area contributed by atoms with E-state index in [-0.39, 0.29) is 0 Å². The van der Waals surface area contributed by atoms with Crippen LogP contribution in [0.4, 0.5) is 4.39 Å². The number of allylic oxidation sites excluding steroid dienone is 1. The van der Waals surface area contributed by atoms with Crippen molar-refractivity contribution < 1.29 is 9.13 Å². The van der Waals surface area contributed by atoms with E-state index >= 15 is 0 Å². The summed E-state index contributed by atoms with van der Waals surface area (Å²) in [4.78, 5) is 0. The molecule has 4 heteroatoms. The van der Waals surface area contributed by atoms with Crippen LogP contribution in [0.5, 0.6) is 0 Å². The lowest BCUT2D eigenvalue weighted by molar-refractivity contribution is 0.142. The van der Waals surface area contributed by atoms with Crippen molar-refractivity contribution in [2.45, 2.75) is 40.3 Å². The molecule has 1 heterocycles. The molecule has 0 radical (unpaired) electrons. The van der Waals surface area contributed by atoms with Gasteiger partial charge in [0.05, 0.1) is 5.70 Å². The first-order chi connectivity index (χ1) is 11.6. The molecular weight excluding hydrogens is 303 g/mol. The van der Waals surface area contributed by atoms with E-state index in [0.717, 1.165) is 30.7 Å². The van der Waals surface area contributed by atoms with Crippen molar-refractivity contribution in [3.05, 3.63) is 41.0 Å². The summed E-state index contributed by atoms with van der Waals surface area (Å²) >= 11 is 0. The Kier molecular flexibility index (Phi) is 6.98. The predicted octanol–water partition coefficient (Wildman–Crippen LogP) is 4.79. The van der Waals surface area contributed by atoms with Crippen LogP contribution < -0.4 is 5.43 Å². The average molecular weight is 332 g/mol. The van der Waals surface area contributed by atoms with Crippen molar-refractivity contribution in [1.29, 1.82) is 0 Å². The molecule has 0 saturated heterocycles. The molecule has 1 aromatic rings. The van der Waals surface area contributed by atoms with Gasteiger partial charge in [0.2, 0.25) is 0 Å². The number of halogens is 1. The zero-order valence-electron chi connectivity index (χ0n) is 15.2. The van der Waals surface area contributed by atoms with Crippen LogP contribution in [0, 0.1) is 17.8 Å². The first-order valence-electron chi connectivity index (χ1n) is 8.74. The minimum absolute atomic E-state index is 0.325. The molecule has 0 amide bonds. The van der Waals surface area contributed by atoms with Crippen LogP contribution in [0.25, 0.3) is 5.70 Å². The van der Waals surface area contributed by atoms with Gasteiger partial charge in [-0.15, -0.1) is 0 Å². The van der Waals surface area contributed by atoms with Gasteiger partial charge in [0.25, 0.3) is 0 Å². The van der Waals surface area contributed by atoms with Gasteiger partial charge in [-0.2, -0.15) is 5.10 Å². The summed E-state index contributed by atoms with van der Waals surface area (Å²) in [7, 11) is 1.76. The van der Waals surface area contributed by atoms with E-state index in [2.05, 4.69) is 31.3 Å². The summed E-state index contributed by atoms with van der Waals surface area (Å²) in [6.07, 6.45) is 4.26. The lowest BCUT2D eigenvalue weighted by atomic mass is 9.78. The molecule has 3 atom stereocenters. The normalized spacial score (nSPS) is 20.0. The highest BCUT2D eigenvalue weighted by Gasteiger charge is 2.26. The largest absolute Gasteiger partial charge is 0.384 e. The number of methoxy groups -OCH3 is 1. The minimum Gasteiger partial charge on any atom is -0.384 e. The van der Waals surface area contributed by atoms with E-state index in [9.17, 15) is 4.39 Å². The van der Waals surface area contributed by atoms with Gasteiger partial charge in [-0.1, -0.05) is 44.5 Å². The lowest BCUT2D eigenvalue weighted by Crippen LogP contribution is -2.27. The second-order valence-corrected chi connectivity index (χ2v) is 6.77. The van der Waals surface area contributed by atoms with E-state index < -0.39 is 6.67 Å². The molecule has 0 saturated carbocycles. The maximum Gasteiger partial charge on any atom is 0.115 e. The first kappa shape index (κ1) is 18.7. The molecule has 1 aromatic carbocycles. The van der Waals surface area contributed by atoms with E-state index in [1.807, 2.05) is 30.5 Å². The van der Waals surface area contributed by atoms with Crippen molar-refractivity contribution in [2.24, 2.45) is 22.9 Å². The standard InChI is InChI=1S/C20H29FN2O/c1-5-17(10-14(2)13-24-4)19-12-22-23-20(15(19)3)18-8-6-16(11-21)7-9-18/h6-9,12,14,17,19,23H,5,10-11,13H2,1-4H3. The Bertz CT molecular complexity index is 580. The fraction of sp³-hybridized carbons (Fsp3) is 0.550. The molecule has 132 valence electrons. The highest BCUT2D eigenvalue weighted by atomic mass is 19.1. The van der Waals surface area contributed by atoms with Crippen molar-refractivity contribution in [3.63, 3.8) is 0 Å². The summed E-state index contributed by atoms with van der Waals surface area (Å²) in [6.45, 7) is 7.01. The van der Waals surface area contributed by atoms with Crippen molar-refractivity contribution in [1.82, 2.24) is 5.43 Å². The maximum absolute atomic E-state index is 12.7. The third kappa shape index (κ3) is 4.44. The van der Waals surface area contributed by atoms with Gasteiger partial charge in [-0.05, 0) is 41.9 Å². The Hall–Kier alpha value is -1.68. The van der Waals surface area contributed by atoms with Crippen molar-refractivity contribution in [2.75, 3.05) is 13.7 Å². The number of ether oxygens (including phenoxy) is 1. The Morgan fingerprint density at radius 2 is 2.00 bits per heavy atom. The number of hydrogen-bond donors (Lipinski definition) is 1. The molecule has 0 bridgehead atoms. The summed E-state index contributed by atoms with van der Waals surface area (Å²) in [5, 5.41) is 4.39. The molecular formula is C20H29FN2O. The number of nitrogens with zero attached hydrogens (tertiary/aromatic N) is 1. The Labute approximate surface area is 145 Å². The molecule has 3 nitrogen and oxygen atoms in total. The number of hydrogen-bond acceptors (Lipinski definition) is 3. The maximum atomic E-state index is 12.7. The molecule has 0 aromatic heterocycles. The molecule has 3 unspecified atom stereocenters. The molecule has 1 aliphatic heterocycles. The van der Waals surface area contributed by atoms with Crippen LogP contribution in [0.1, 0.15) is 44.7 Å². The van der Waals surface area contributed by atoms with Gasteiger partial charge in [0, 0.05) is 25.8 Å². The molecule has 0 fully saturated rings. The Morgan fingerprint density at radius 3 is 2.58 bits per heavy atom. The third-order valence-corrected chi connectivity index (χ3v) is 4.89. The van der Waals surface area contributed by atoms with E-state index in [1.54, 1.807) is 7.11 Å². The SMILES string of the molecule is CCC(CC(C)COC)C1C=NNC(c2ccc(CF)cc2)=C1C. The summed E-state index contributed by atoms with van der Waals surface area (Å²) in [5.41, 5.74) is 7.25. The fourth-order valence-corrected chi connectivity index (χ4v) is 3.51. The Morgan fingerprint density at radius 1 is 1.29 bits per heavy atom. The predicted molar refractivity (Wildman–Crippen MR) is 98.4 cm³/mol. The van der Waals surface area contributed by atoms with Crippen molar-refractivity contribution >= 4 is 11.9 Å². The van der Waals surface area contributed by atoms with Crippen LogP contribution in [-0.4, -0.2) is 19.9 Å². The van der Waals surface area contributed by atoms with Crippen LogP contribution in [-0.2, 0) is 11.4 Å². The van der Waals surface area contributed by atoms with Crippen LogP contribution >= 0.6 is 0 Å². The van der Waals surface area contributed by atoms with E-state index in [0.29, 0.717) is 23.3 Å². The number of alkyl halides is 1. The molecule has 1 aliphatic rings. The molecule has 1 N–H and O–H groups in total. The van der Waals surface area contributed by atoms with Gasteiger partial charge in [0.15, 0.2) is 0 Å². The highest BCUT2D eigenvalue weighted by Crippen LogP contribution is 2.33. The highest BCUT2D eigenvalue weighted by molar-refractivity contribution is 5.78. The average Bonchev–Trinajstić information content (AvgIpc) is 2.60. The zero-order valence-corrected chi connectivity index (χ0v) is 15.2. The molecule has 0 spiro atoms. The van der Waals surface area contributed by atoms with E-state index in [1.165, 1.54) is 5.57 Å². The van der Waals surface area contributed by atoms with E-state index in [4.69, 9.17) is 4.74 Å². The number of rotatable bonds is 8. The summed E-state index contributed by atoms with van der Waals surface area (Å²) in [5.74, 6) is 1.40. The number of nitrogens with one attached hydrogen (secondary N) is 1. The van der Waals surface area contributed by atoms with Gasteiger partial charge in [0.1, 0.15) is 6.67 Å². The Balaban J connectivity index is 2.21.